The minimum absolute atomic E-state index is 0.0779. The first-order valence-corrected chi connectivity index (χ1v) is 8.27. The smallest absolute Gasteiger partial charge is 0.255 e. The Labute approximate surface area is 131 Å². The number of thioether (sulfide) groups is 1. The van der Waals surface area contributed by atoms with Crippen LogP contribution in [-0.4, -0.2) is 39.4 Å². The fraction of sp³-hybridized carbons (Fsp3) is 0.375. The second-order valence-electron chi connectivity index (χ2n) is 5.55. The van der Waals surface area contributed by atoms with E-state index in [0.717, 1.165) is 5.75 Å². The van der Waals surface area contributed by atoms with E-state index in [9.17, 15) is 14.0 Å². The summed E-state index contributed by atoms with van der Waals surface area (Å²) in [5.74, 6) is 0.234. The SMILES string of the molecule is C[C@@H]1SCCN(C(=O)c2cc(=O)[nH]c3ccc(F)cc23)[C@H]1C. The zero-order valence-corrected chi connectivity index (χ0v) is 13.2. The monoisotopic (exact) mass is 320 g/mol. The third-order valence-electron chi connectivity index (χ3n) is 4.18. The predicted molar refractivity (Wildman–Crippen MR) is 86.9 cm³/mol. The summed E-state index contributed by atoms with van der Waals surface area (Å²) >= 11 is 1.83. The molecule has 1 aromatic carbocycles. The first kappa shape index (κ1) is 15.1. The highest BCUT2D eigenvalue weighted by Crippen LogP contribution is 2.27. The Morgan fingerprint density at radius 1 is 1.36 bits per heavy atom. The summed E-state index contributed by atoms with van der Waals surface area (Å²) in [6, 6.07) is 5.40. The molecule has 0 spiro atoms. The Balaban J connectivity index is 2.10. The molecule has 2 aromatic rings. The number of rotatable bonds is 1. The molecule has 0 aliphatic carbocycles. The van der Waals surface area contributed by atoms with E-state index in [1.165, 1.54) is 24.3 Å². The molecule has 0 unspecified atom stereocenters. The topological polar surface area (TPSA) is 53.2 Å². The van der Waals surface area contributed by atoms with Crippen LogP contribution in [0.5, 0.6) is 0 Å². The van der Waals surface area contributed by atoms with Crippen LogP contribution < -0.4 is 5.56 Å². The number of carbonyl (C=O) groups excluding carboxylic acids is 1. The summed E-state index contributed by atoms with van der Waals surface area (Å²) < 4.78 is 13.5. The molecule has 1 aromatic heterocycles. The number of fused-ring (bicyclic) bond motifs is 1. The molecule has 1 amide bonds. The second-order valence-corrected chi connectivity index (χ2v) is 7.04. The molecule has 3 rings (SSSR count). The Morgan fingerprint density at radius 2 is 2.14 bits per heavy atom. The first-order valence-electron chi connectivity index (χ1n) is 7.22. The van der Waals surface area contributed by atoms with Crippen molar-refractivity contribution >= 4 is 28.6 Å². The van der Waals surface area contributed by atoms with Crippen molar-refractivity contribution in [2.24, 2.45) is 0 Å². The number of halogens is 1. The molecule has 1 aliphatic rings. The standard InChI is InChI=1S/C16H17FN2O2S/c1-9-10(2)22-6-5-19(9)16(21)13-8-15(20)18-14-4-3-11(17)7-12(13)14/h3-4,7-10H,5-6H2,1-2H3,(H,18,20)/t9-,10-/m0/s1. The average Bonchev–Trinajstić information content (AvgIpc) is 2.49. The molecule has 22 heavy (non-hydrogen) atoms. The largest absolute Gasteiger partial charge is 0.334 e. The quantitative estimate of drug-likeness (QED) is 0.879. The minimum atomic E-state index is -0.427. The zero-order valence-electron chi connectivity index (χ0n) is 12.4. The van der Waals surface area contributed by atoms with Crippen LogP contribution in [0, 0.1) is 5.82 Å². The molecule has 1 saturated heterocycles. The van der Waals surface area contributed by atoms with Crippen molar-refractivity contribution < 1.29 is 9.18 Å². The molecule has 1 fully saturated rings. The van der Waals surface area contributed by atoms with Crippen LogP contribution in [0.4, 0.5) is 4.39 Å². The van der Waals surface area contributed by atoms with Crippen molar-refractivity contribution in [3.8, 4) is 0 Å². The molecule has 4 nitrogen and oxygen atoms in total. The van der Waals surface area contributed by atoms with Crippen molar-refractivity contribution in [2.45, 2.75) is 25.1 Å². The molecular weight excluding hydrogens is 303 g/mol. The Hall–Kier alpha value is -1.82. The van der Waals surface area contributed by atoms with Crippen molar-refractivity contribution in [3.05, 3.63) is 46.0 Å². The molecule has 1 aliphatic heterocycles. The van der Waals surface area contributed by atoms with Crippen molar-refractivity contribution in [3.63, 3.8) is 0 Å². The van der Waals surface area contributed by atoms with E-state index in [4.69, 9.17) is 0 Å². The van der Waals surface area contributed by atoms with Crippen molar-refractivity contribution in [2.75, 3.05) is 12.3 Å². The zero-order chi connectivity index (χ0) is 15.9. The number of hydrogen-bond donors (Lipinski definition) is 1. The fourth-order valence-electron chi connectivity index (χ4n) is 2.78. The maximum Gasteiger partial charge on any atom is 0.255 e. The van der Waals surface area contributed by atoms with Gasteiger partial charge in [0.1, 0.15) is 5.82 Å². The van der Waals surface area contributed by atoms with Gasteiger partial charge in [-0.1, -0.05) is 6.92 Å². The van der Waals surface area contributed by atoms with Gasteiger partial charge < -0.3 is 9.88 Å². The van der Waals surface area contributed by atoms with Crippen LogP contribution in [0.15, 0.2) is 29.1 Å². The van der Waals surface area contributed by atoms with E-state index in [-0.39, 0.29) is 23.1 Å². The number of pyridine rings is 1. The van der Waals surface area contributed by atoms with Crippen LogP contribution in [-0.2, 0) is 0 Å². The van der Waals surface area contributed by atoms with Gasteiger partial charge in [0.25, 0.3) is 5.91 Å². The molecule has 0 saturated carbocycles. The number of benzene rings is 1. The molecule has 6 heteroatoms. The lowest BCUT2D eigenvalue weighted by Gasteiger charge is -2.37. The van der Waals surface area contributed by atoms with E-state index in [1.54, 1.807) is 4.90 Å². The van der Waals surface area contributed by atoms with Crippen LogP contribution in [0.3, 0.4) is 0 Å². The van der Waals surface area contributed by atoms with Gasteiger partial charge in [0.2, 0.25) is 5.56 Å². The third kappa shape index (κ3) is 2.63. The molecule has 0 bridgehead atoms. The highest BCUT2D eigenvalue weighted by atomic mass is 32.2. The highest BCUT2D eigenvalue weighted by molar-refractivity contribution is 8.00. The van der Waals surface area contributed by atoms with Gasteiger partial charge in [0.05, 0.1) is 5.56 Å². The molecule has 1 N–H and O–H groups in total. The van der Waals surface area contributed by atoms with Gasteiger partial charge in [-0.3, -0.25) is 9.59 Å². The summed E-state index contributed by atoms with van der Waals surface area (Å²) in [4.78, 5) is 29.1. The van der Waals surface area contributed by atoms with E-state index >= 15 is 0 Å². The highest BCUT2D eigenvalue weighted by Gasteiger charge is 2.30. The second kappa shape index (κ2) is 5.76. The number of H-pyrrole nitrogens is 1. The van der Waals surface area contributed by atoms with Gasteiger partial charge in [-0.25, -0.2) is 4.39 Å². The van der Waals surface area contributed by atoms with Gasteiger partial charge >= 0.3 is 0 Å². The fourth-order valence-corrected chi connectivity index (χ4v) is 3.88. The number of aromatic nitrogens is 1. The van der Waals surface area contributed by atoms with Gasteiger partial charge in [-0.2, -0.15) is 11.8 Å². The van der Waals surface area contributed by atoms with Gasteiger partial charge in [-0.15, -0.1) is 0 Å². The lowest BCUT2D eigenvalue weighted by Crippen LogP contribution is -2.48. The van der Waals surface area contributed by atoms with E-state index in [1.807, 2.05) is 18.7 Å². The number of hydrogen-bond acceptors (Lipinski definition) is 3. The maximum atomic E-state index is 13.5. The molecule has 116 valence electrons. The summed E-state index contributed by atoms with van der Waals surface area (Å²) in [5, 5.41) is 0.783. The van der Waals surface area contributed by atoms with Gasteiger partial charge in [0.15, 0.2) is 0 Å². The van der Waals surface area contributed by atoms with Crippen molar-refractivity contribution in [1.82, 2.24) is 9.88 Å². The predicted octanol–water partition coefficient (Wildman–Crippen LogP) is 2.63. The number of nitrogens with one attached hydrogen (secondary N) is 1. The maximum absolute atomic E-state index is 13.5. The van der Waals surface area contributed by atoms with E-state index in [2.05, 4.69) is 11.9 Å². The number of carbonyl (C=O) groups is 1. The molecule has 0 radical (unpaired) electrons. The van der Waals surface area contributed by atoms with Crippen LogP contribution in [0.2, 0.25) is 0 Å². The number of aromatic amines is 1. The summed E-state index contributed by atoms with van der Waals surface area (Å²) in [7, 11) is 0. The normalized spacial score (nSPS) is 22.0. The van der Waals surface area contributed by atoms with Crippen LogP contribution >= 0.6 is 11.8 Å². The van der Waals surface area contributed by atoms with E-state index in [0.29, 0.717) is 22.7 Å². The number of amides is 1. The Kier molecular flexibility index (Phi) is 3.95. The molecule has 2 heterocycles. The lowest BCUT2D eigenvalue weighted by molar-refractivity contribution is 0.0700. The van der Waals surface area contributed by atoms with Crippen LogP contribution in [0.25, 0.3) is 10.9 Å². The van der Waals surface area contributed by atoms with Crippen LogP contribution in [0.1, 0.15) is 24.2 Å². The summed E-state index contributed by atoms with van der Waals surface area (Å²) in [6.07, 6.45) is 0. The number of nitrogens with zero attached hydrogens (tertiary/aromatic N) is 1. The van der Waals surface area contributed by atoms with Crippen molar-refractivity contribution in [1.29, 1.82) is 0 Å². The first-order chi connectivity index (χ1) is 10.5. The molecule has 2 atom stereocenters. The lowest BCUT2D eigenvalue weighted by atomic mass is 10.1. The Morgan fingerprint density at radius 3 is 2.91 bits per heavy atom. The minimum Gasteiger partial charge on any atom is -0.334 e. The summed E-state index contributed by atoms with van der Waals surface area (Å²) in [6.45, 7) is 4.73. The Bertz CT molecular complexity index is 789. The average molecular weight is 320 g/mol. The molecular formula is C16H17FN2O2S. The van der Waals surface area contributed by atoms with Gasteiger partial charge in [0, 0.05) is 40.6 Å². The van der Waals surface area contributed by atoms with Gasteiger partial charge in [-0.05, 0) is 25.1 Å². The summed E-state index contributed by atoms with van der Waals surface area (Å²) in [5.41, 5.74) is 0.392. The third-order valence-corrected chi connectivity index (χ3v) is 5.52. The van der Waals surface area contributed by atoms with E-state index < -0.39 is 5.82 Å².